The monoisotopic (exact) mass is 363 g/mol. The molecule has 2 aromatic carbocycles. The number of nitriles is 1. The van der Waals surface area contributed by atoms with Crippen LogP contribution in [0.4, 0.5) is 4.79 Å². The Morgan fingerprint density at radius 3 is 2.30 bits per heavy atom. The molecular weight excluding hydrogens is 338 g/mol. The van der Waals surface area contributed by atoms with Crippen LogP contribution in [0.25, 0.3) is 11.1 Å². The Balaban J connectivity index is 1.70. The van der Waals surface area contributed by atoms with E-state index >= 15 is 0 Å². The number of carboxylic acid groups (broad SMARTS) is 1. The summed E-state index contributed by atoms with van der Waals surface area (Å²) in [6.45, 7) is 4.03. The molecule has 0 bridgehead atoms. The Morgan fingerprint density at radius 1 is 1.15 bits per heavy atom. The summed E-state index contributed by atoms with van der Waals surface area (Å²) in [5, 5.41) is 21.2. The molecular formula is C22H25N3O2. The second-order valence-corrected chi connectivity index (χ2v) is 7.24. The highest BCUT2D eigenvalue weighted by atomic mass is 16.4. The van der Waals surface area contributed by atoms with Gasteiger partial charge in [0.2, 0.25) is 0 Å². The van der Waals surface area contributed by atoms with E-state index in [1.54, 1.807) is 0 Å². The molecule has 1 saturated heterocycles. The van der Waals surface area contributed by atoms with E-state index in [9.17, 15) is 10.1 Å². The van der Waals surface area contributed by atoms with Crippen molar-refractivity contribution in [2.45, 2.75) is 25.3 Å². The summed E-state index contributed by atoms with van der Waals surface area (Å²) < 4.78 is 0. The van der Waals surface area contributed by atoms with Gasteiger partial charge in [0.1, 0.15) is 5.54 Å². The lowest BCUT2D eigenvalue weighted by molar-refractivity contribution is 0.0971. The van der Waals surface area contributed by atoms with Crippen LogP contribution in [-0.4, -0.2) is 35.7 Å². The summed E-state index contributed by atoms with van der Waals surface area (Å²) in [5.74, 6) is 0.334. The number of benzene rings is 2. The van der Waals surface area contributed by atoms with Gasteiger partial charge in [-0.15, -0.1) is 0 Å². The number of amides is 1. The van der Waals surface area contributed by atoms with Crippen LogP contribution in [0.2, 0.25) is 0 Å². The van der Waals surface area contributed by atoms with Crippen LogP contribution < -0.4 is 5.32 Å². The molecule has 1 aliphatic rings. The zero-order chi connectivity index (χ0) is 19.3. The van der Waals surface area contributed by atoms with E-state index in [0.717, 1.165) is 42.6 Å². The van der Waals surface area contributed by atoms with E-state index < -0.39 is 11.6 Å². The first-order valence-electron chi connectivity index (χ1n) is 9.32. The van der Waals surface area contributed by atoms with E-state index in [-0.39, 0.29) is 0 Å². The summed E-state index contributed by atoms with van der Waals surface area (Å²) in [7, 11) is 0. The molecule has 2 aromatic rings. The second kappa shape index (κ2) is 8.24. The number of hydrogen-bond donors (Lipinski definition) is 2. The lowest BCUT2D eigenvalue weighted by atomic mass is 9.86. The highest BCUT2D eigenvalue weighted by molar-refractivity contribution is 5.64. The van der Waals surface area contributed by atoms with Crippen molar-refractivity contribution >= 4 is 6.09 Å². The molecule has 0 aliphatic carbocycles. The third kappa shape index (κ3) is 4.29. The van der Waals surface area contributed by atoms with Crippen molar-refractivity contribution < 1.29 is 9.90 Å². The quantitative estimate of drug-likeness (QED) is 0.839. The minimum atomic E-state index is -0.974. The van der Waals surface area contributed by atoms with Crippen LogP contribution >= 0.6 is 0 Å². The van der Waals surface area contributed by atoms with Gasteiger partial charge in [-0.2, -0.15) is 5.26 Å². The summed E-state index contributed by atoms with van der Waals surface area (Å²) in [4.78, 5) is 12.9. The topological polar surface area (TPSA) is 76.4 Å². The van der Waals surface area contributed by atoms with Crippen LogP contribution in [0, 0.1) is 17.2 Å². The minimum Gasteiger partial charge on any atom is -0.465 e. The molecule has 3 rings (SSSR count). The van der Waals surface area contributed by atoms with Crippen molar-refractivity contribution in [3.63, 3.8) is 0 Å². The van der Waals surface area contributed by atoms with Gasteiger partial charge >= 0.3 is 6.09 Å². The van der Waals surface area contributed by atoms with E-state index in [1.807, 2.05) is 37.3 Å². The summed E-state index contributed by atoms with van der Waals surface area (Å²) in [6.07, 6.45) is 0.803. The van der Waals surface area contributed by atoms with Crippen molar-refractivity contribution in [3.05, 3.63) is 60.2 Å². The van der Waals surface area contributed by atoms with Gasteiger partial charge in [-0.1, -0.05) is 54.6 Å². The Morgan fingerprint density at radius 2 is 1.74 bits per heavy atom. The van der Waals surface area contributed by atoms with Gasteiger partial charge in [-0.05, 0) is 42.4 Å². The first kappa shape index (κ1) is 18.9. The number of hydrogen-bond acceptors (Lipinski definition) is 3. The maximum atomic E-state index is 10.7. The zero-order valence-electron chi connectivity index (χ0n) is 15.6. The fourth-order valence-corrected chi connectivity index (χ4v) is 3.75. The number of rotatable bonds is 5. The Labute approximate surface area is 160 Å². The molecule has 1 atom stereocenters. The normalized spacial score (nSPS) is 17.6. The molecule has 27 heavy (non-hydrogen) atoms. The van der Waals surface area contributed by atoms with Gasteiger partial charge in [-0.3, -0.25) is 4.90 Å². The lowest BCUT2D eigenvalue weighted by Crippen LogP contribution is -2.48. The fraction of sp³-hybridized carbons (Fsp3) is 0.364. The molecule has 5 nitrogen and oxygen atoms in total. The molecule has 1 fully saturated rings. The number of likely N-dealkylation sites (tertiary alicyclic amines) is 1. The number of nitrogens with one attached hydrogen (secondary N) is 1. The van der Waals surface area contributed by atoms with Crippen molar-refractivity contribution in [3.8, 4) is 17.2 Å². The van der Waals surface area contributed by atoms with Crippen LogP contribution in [0.1, 0.15) is 25.3 Å². The van der Waals surface area contributed by atoms with Gasteiger partial charge in [-0.25, -0.2) is 4.79 Å². The average molecular weight is 363 g/mol. The standard InChI is InChI=1S/C22H25N3O2/c1-22(16-23,25-13-11-17(12-14-25)15-24-21(26)27)20-9-7-19(8-10-20)18-5-3-2-4-6-18/h2-10,17,24H,11-15H2,1H3,(H,26,27). The van der Waals surface area contributed by atoms with E-state index in [0.29, 0.717) is 12.5 Å². The molecule has 2 N–H and O–H groups in total. The molecule has 1 amide bonds. The molecule has 0 aromatic heterocycles. The SMILES string of the molecule is CC(C#N)(c1ccc(-c2ccccc2)cc1)N1CCC(CNC(=O)O)CC1. The van der Waals surface area contributed by atoms with Crippen molar-refractivity contribution in [1.82, 2.24) is 10.2 Å². The van der Waals surface area contributed by atoms with Gasteiger partial charge in [0.15, 0.2) is 0 Å². The number of carbonyl (C=O) groups is 1. The van der Waals surface area contributed by atoms with Gasteiger partial charge < -0.3 is 10.4 Å². The molecule has 1 aliphatic heterocycles. The largest absolute Gasteiger partial charge is 0.465 e. The molecule has 0 radical (unpaired) electrons. The Hall–Kier alpha value is -2.84. The van der Waals surface area contributed by atoms with Gasteiger partial charge in [0.05, 0.1) is 6.07 Å². The second-order valence-electron chi connectivity index (χ2n) is 7.24. The van der Waals surface area contributed by atoms with E-state index in [4.69, 9.17) is 5.11 Å². The predicted molar refractivity (Wildman–Crippen MR) is 105 cm³/mol. The molecule has 0 saturated carbocycles. The van der Waals surface area contributed by atoms with E-state index in [1.165, 1.54) is 0 Å². The third-order valence-electron chi connectivity index (χ3n) is 5.56. The van der Waals surface area contributed by atoms with Gasteiger partial charge in [0.25, 0.3) is 0 Å². The summed E-state index contributed by atoms with van der Waals surface area (Å²) in [6, 6.07) is 20.9. The molecule has 5 heteroatoms. The molecule has 0 spiro atoms. The molecule has 140 valence electrons. The predicted octanol–water partition coefficient (Wildman–Crippen LogP) is 4.07. The van der Waals surface area contributed by atoms with Crippen molar-refractivity contribution in [2.24, 2.45) is 5.92 Å². The van der Waals surface area contributed by atoms with Crippen molar-refractivity contribution in [1.29, 1.82) is 5.26 Å². The van der Waals surface area contributed by atoms with Crippen LogP contribution in [0.5, 0.6) is 0 Å². The summed E-state index contributed by atoms with van der Waals surface area (Å²) in [5.41, 5.74) is 2.61. The fourth-order valence-electron chi connectivity index (χ4n) is 3.75. The maximum absolute atomic E-state index is 10.7. The first-order chi connectivity index (χ1) is 13.0. The third-order valence-corrected chi connectivity index (χ3v) is 5.56. The van der Waals surface area contributed by atoms with Crippen LogP contribution in [0.3, 0.4) is 0 Å². The highest BCUT2D eigenvalue weighted by Gasteiger charge is 2.36. The average Bonchev–Trinajstić information content (AvgIpc) is 2.73. The number of nitrogens with zero attached hydrogens (tertiary/aromatic N) is 2. The van der Waals surface area contributed by atoms with Crippen LogP contribution in [-0.2, 0) is 5.54 Å². The van der Waals surface area contributed by atoms with Crippen LogP contribution in [0.15, 0.2) is 54.6 Å². The Bertz CT molecular complexity index is 806. The maximum Gasteiger partial charge on any atom is 0.404 e. The summed E-state index contributed by atoms with van der Waals surface area (Å²) >= 11 is 0. The van der Waals surface area contributed by atoms with E-state index in [2.05, 4.69) is 40.6 Å². The smallest absolute Gasteiger partial charge is 0.404 e. The zero-order valence-corrected chi connectivity index (χ0v) is 15.6. The Kier molecular flexibility index (Phi) is 5.78. The lowest BCUT2D eigenvalue weighted by Gasteiger charge is -2.41. The first-order valence-corrected chi connectivity index (χ1v) is 9.32. The highest BCUT2D eigenvalue weighted by Crippen LogP contribution is 2.33. The molecule has 1 unspecified atom stereocenters. The minimum absolute atomic E-state index is 0.334. The number of piperidine rings is 1. The molecule has 1 heterocycles. The van der Waals surface area contributed by atoms with Gasteiger partial charge in [0, 0.05) is 19.6 Å². The van der Waals surface area contributed by atoms with Crippen molar-refractivity contribution in [2.75, 3.05) is 19.6 Å².